The molecule has 1 saturated heterocycles. The predicted molar refractivity (Wildman–Crippen MR) is 273 cm³/mol. The average molecular weight is 1080 g/mol. The van der Waals surface area contributed by atoms with E-state index in [4.69, 9.17) is 34.1 Å². The molecular formula is C47H46N4O14P3S2Si-3. The van der Waals surface area contributed by atoms with Gasteiger partial charge in [0.2, 0.25) is 0 Å². The Morgan fingerprint density at radius 2 is 1.44 bits per heavy atom. The largest absolute Gasteiger partial charge is 0.756 e. The topological polar surface area (TPSA) is 277 Å². The first-order valence-corrected chi connectivity index (χ1v) is 30.1. The van der Waals surface area contributed by atoms with Gasteiger partial charge in [-0.3, -0.25) is 28.0 Å². The lowest BCUT2D eigenvalue weighted by Gasteiger charge is -2.33. The lowest BCUT2D eigenvalue weighted by molar-refractivity contribution is -0.250. The first-order chi connectivity index (χ1) is 33.6. The van der Waals surface area contributed by atoms with Crippen molar-refractivity contribution in [3.8, 4) is 0 Å². The highest BCUT2D eigenvalue weighted by Gasteiger charge is 2.44. The third-order valence-electron chi connectivity index (χ3n) is 11.6. The number of allylic oxidation sites excluding steroid dienone is 2. The average Bonchev–Trinajstić information content (AvgIpc) is 3.81. The summed E-state index contributed by atoms with van der Waals surface area (Å²) in [5.74, 6) is 0. The number of ether oxygens (including phenoxy) is 1. The molecule has 2 aliphatic rings. The number of hydrogen-bond acceptors (Lipinski definition) is 16. The third kappa shape index (κ3) is 13.8. The molecular weight excluding hydrogens is 1030 g/mol. The van der Waals surface area contributed by atoms with Crippen molar-refractivity contribution >= 4 is 93.7 Å². The van der Waals surface area contributed by atoms with Gasteiger partial charge < -0.3 is 39.3 Å². The number of rotatable bonds is 20. The number of nitrogens with one attached hydrogen (secondary N) is 2. The predicted octanol–water partition coefficient (Wildman–Crippen LogP) is 6.12. The van der Waals surface area contributed by atoms with Crippen LogP contribution < -0.4 is 31.2 Å². The van der Waals surface area contributed by atoms with Crippen LogP contribution in [0.4, 0.5) is 0 Å². The number of hydrogen-bond donors (Lipinski definition) is 4. The molecule has 0 bridgehead atoms. The second-order valence-corrected chi connectivity index (χ2v) is 26.1. The van der Waals surface area contributed by atoms with Crippen molar-refractivity contribution in [3.05, 3.63) is 181 Å². The fourth-order valence-electron chi connectivity index (χ4n) is 8.56. The van der Waals surface area contributed by atoms with Crippen LogP contribution in [0, 0.1) is 0 Å². The molecule has 4 unspecified atom stereocenters. The molecule has 0 saturated carbocycles. The van der Waals surface area contributed by atoms with E-state index in [2.05, 4.69) is 144 Å². The number of phosphoric acid groups is 3. The number of aromatic nitrogens is 2. The number of phosphoric ester groups is 1. The first kappa shape index (κ1) is 53.8. The standard InChI is InChI=1S/C47H49N4O14P3S2Si/c1-71(2)44(42(33-10-5-3-6-11-33)43(34-12-7-4-8-13-34)45(71)36-22-17-32(18-23-36)27-48-30-69)35-20-15-31(16-21-35)19-24-40(70)49-25-9-14-37-28-51(47(54)50-46(37)53)41-26-38(52)39(63-41)29-62-67(58,59)65-68(60,61)64-66(55,56)57/h3-18,20-23,28,38-39,41,52H,19,24-27,29H2,1-2H3,(H,49,70)(H,58,59)(H,60,61)(H,50,53,54)(H2,55,56,57)/p-3/b14-9+/t38?,39-,41-/m1/s1. The Morgan fingerprint density at radius 3 is 1.99 bits per heavy atom. The van der Waals surface area contributed by atoms with Crippen molar-refractivity contribution in [2.45, 2.75) is 57.3 Å². The Balaban J connectivity index is 0.995. The van der Waals surface area contributed by atoms with Crippen LogP contribution in [0.25, 0.3) is 27.6 Å². The molecule has 5 aromatic rings. The molecule has 71 heavy (non-hydrogen) atoms. The fourth-order valence-corrected chi connectivity index (χ4v) is 15.5. The lowest BCUT2D eigenvalue weighted by atomic mass is 9.89. The minimum absolute atomic E-state index is 0.0293. The molecule has 18 nitrogen and oxygen atoms in total. The fraction of sp³-hybridized carbons (Fsp3) is 0.234. The minimum atomic E-state index is -6.14. The summed E-state index contributed by atoms with van der Waals surface area (Å²) in [5.41, 5.74) is 7.63. The molecule has 2 aliphatic heterocycles. The van der Waals surface area contributed by atoms with Crippen LogP contribution >= 0.6 is 47.9 Å². The molecule has 4 N–H and O–H groups in total. The van der Waals surface area contributed by atoms with Gasteiger partial charge in [0.15, 0.2) is 0 Å². The van der Waals surface area contributed by atoms with E-state index in [1.807, 2.05) is 12.1 Å². The lowest BCUT2D eigenvalue weighted by Crippen LogP contribution is -2.33. The van der Waals surface area contributed by atoms with E-state index in [1.165, 1.54) is 39.4 Å². The number of aryl methyl sites for hydroxylation is 1. The van der Waals surface area contributed by atoms with Crippen molar-refractivity contribution in [2.75, 3.05) is 13.2 Å². The van der Waals surface area contributed by atoms with Crippen LogP contribution in [0.5, 0.6) is 0 Å². The van der Waals surface area contributed by atoms with Gasteiger partial charge in [0, 0.05) is 25.6 Å². The molecule has 372 valence electrons. The van der Waals surface area contributed by atoms with Crippen LogP contribution in [0.1, 0.15) is 58.0 Å². The second kappa shape index (κ2) is 22.8. The maximum absolute atomic E-state index is 12.7. The number of thiocarbonyl (C=S) groups is 2. The molecule has 7 rings (SSSR count). The summed E-state index contributed by atoms with van der Waals surface area (Å²) in [6.07, 6.45) is 0.978. The van der Waals surface area contributed by atoms with Gasteiger partial charge in [-0.1, -0.05) is 147 Å². The summed E-state index contributed by atoms with van der Waals surface area (Å²) >= 11 is 10.5. The molecule has 3 heterocycles. The highest BCUT2D eigenvalue weighted by Crippen LogP contribution is 2.61. The molecule has 0 aliphatic carbocycles. The first-order valence-electron chi connectivity index (χ1n) is 21.8. The Labute approximate surface area is 419 Å². The van der Waals surface area contributed by atoms with Crippen molar-refractivity contribution in [2.24, 2.45) is 4.99 Å². The van der Waals surface area contributed by atoms with Gasteiger partial charge >= 0.3 is 5.69 Å². The summed E-state index contributed by atoms with van der Waals surface area (Å²) < 4.78 is 51.9. The van der Waals surface area contributed by atoms with E-state index in [-0.39, 0.29) is 18.5 Å². The summed E-state index contributed by atoms with van der Waals surface area (Å²) in [5, 5.41) is 18.8. The number of benzene rings is 4. The van der Waals surface area contributed by atoms with Gasteiger partial charge in [-0.05, 0) is 73.6 Å². The summed E-state index contributed by atoms with van der Waals surface area (Å²) in [4.78, 5) is 75.0. The Bertz CT molecular complexity index is 3200. The van der Waals surface area contributed by atoms with Gasteiger partial charge in [-0.2, -0.15) is 0 Å². The van der Waals surface area contributed by atoms with E-state index in [9.17, 15) is 43.1 Å². The number of H-pyrrole nitrogens is 1. The SMILES string of the molecule is C[Si]1(C)C(c2ccc(CCC(=S)NC/C=C/c3cn([C@H]4CC(O)[C@@H](COP(=O)([O-])OP(=O)([O-])OP(=O)([O-])O)O4)c(=O)[nH]c3=O)cc2)=C(c2ccccc2)C(c2ccccc2)=C1c1ccc(CN=C=S)cc1. The zero-order chi connectivity index (χ0) is 51.1. The third-order valence-corrected chi connectivity index (χ3v) is 19.3. The van der Waals surface area contributed by atoms with Gasteiger partial charge in [0.05, 0.1) is 35.0 Å². The number of nitrogens with zero attached hydrogens (tertiary/aromatic N) is 2. The quantitative estimate of drug-likeness (QED) is 0.0296. The van der Waals surface area contributed by atoms with Gasteiger partial charge in [0.1, 0.15) is 20.4 Å². The summed E-state index contributed by atoms with van der Waals surface area (Å²) in [7, 11) is -20.3. The summed E-state index contributed by atoms with van der Waals surface area (Å²) in [6, 6.07) is 38.4. The highest BCUT2D eigenvalue weighted by atomic mass is 32.1. The molecule has 0 amide bonds. The van der Waals surface area contributed by atoms with Gasteiger partial charge in [0.25, 0.3) is 29.0 Å². The summed E-state index contributed by atoms with van der Waals surface area (Å²) in [6.45, 7) is 4.50. The van der Waals surface area contributed by atoms with E-state index in [0.29, 0.717) is 24.4 Å². The van der Waals surface area contributed by atoms with E-state index >= 15 is 0 Å². The zero-order valence-electron chi connectivity index (χ0n) is 37.9. The Morgan fingerprint density at radius 1 is 0.873 bits per heavy atom. The maximum atomic E-state index is 12.7. The van der Waals surface area contributed by atoms with Crippen molar-refractivity contribution < 1.29 is 56.3 Å². The van der Waals surface area contributed by atoms with Crippen LogP contribution in [-0.2, 0) is 44.5 Å². The number of aliphatic imine (C=N–C) groups is 1. The van der Waals surface area contributed by atoms with Crippen LogP contribution in [-0.4, -0.2) is 63.1 Å². The number of isothiocyanates is 1. The molecule has 24 heteroatoms. The van der Waals surface area contributed by atoms with E-state index in [0.717, 1.165) is 32.4 Å². The second-order valence-electron chi connectivity index (χ2n) is 16.9. The molecule has 4 aromatic carbocycles. The van der Waals surface area contributed by atoms with Crippen molar-refractivity contribution in [1.29, 1.82) is 0 Å². The molecule has 1 fully saturated rings. The van der Waals surface area contributed by atoms with E-state index < -0.39 is 67.8 Å². The smallest absolute Gasteiger partial charge is 0.330 e. The molecule has 1 aromatic heterocycles. The Hall–Kier alpha value is -4.98. The van der Waals surface area contributed by atoms with Gasteiger partial charge in [-0.15, -0.1) is 0 Å². The monoisotopic (exact) mass is 1080 g/mol. The normalized spacial score (nSPS) is 20.3. The van der Waals surface area contributed by atoms with Crippen LogP contribution in [0.15, 0.2) is 136 Å². The van der Waals surface area contributed by atoms with Gasteiger partial charge in [-0.25, -0.2) is 18.4 Å². The van der Waals surface area contributed by atoms with Crippen LogP contribution in [0.3, 0.4) is 0 Å². The van der Waals surface area contributed by atoms with Crippen LogP contribution in [0.2, 0.25) is 13.1 Å². The highest BCUT2D eigenvalue weighted by molar-refractivity contribution is 7.80. The number of aliphatic hydroxyl groups excluding tert-OH is 1. The van der Waals surface area contributed by atoms with E-state index in [1.54, 1.807) is 6.08 Å². The molecule has 6 atom stereocenters. The zero-order valence-corrected chi connectivity index (χ0v) is 43.3. The number of aromatic amines is 1. The maximum Gasteiger partial charge on any atom is 0.330 e. The Kier molecular flexibility index (Phi) is 17.3. The minimum Gasteiger partial charge on any atom is -0.756 e. The van der Waals surface area contributed by atoms with Crippen molar-refractivity contribution in [3.63, 3.8) is 0 Å². The van der Waals surface area contributed by atoms with Crippen molar-refractivity contribution in [1.82, 2.24) is 14.9 Å². The molecule has 0 spiro atoms. The molecule has 0 radical (unpaired) electrons. The number of aliphatic hydroxyl groups is 1.